The molecule has 1 aliphatic heterocycles. The number of amides is 1. The molecule has 158 valence electrons. The van der Waals surface area contributed by atoms with Crippen LogP contribution < -0.4 is 16.0 Å². The van der Waals surface area contributed by atoms with Crippen molar-refractivity contribution in [2.75, 3.05) is 46.4 Å². The highest BCUT2D eigenvalue weighted by Crippen LogP contribution is 2.15. The second kappa shape index (κ2) is 12.2. The average Bonchev–Trinajstić information content (AvgIpc) is 2.69. The summed E-state index contributed by atoms with van der Waals surface area (Å²) in [4.78, 5) is 18.7. The van der Waals surface area contributed by atoms with E-state index in [0.717, 1.165) is 44.4 Å². The Labute approximate surface area is 185 Å². The van der Waals surface area contributed by atoms with Crippen molar-refractivity contribution in [3.05, 3.63) is 35.4 Å². The van der Waals surface area contributed by atoms with Gasteiger partial charge in [0.15, 0.2) is 5.96 Å². The highest BCUT2D eigenvalue weighted by molar-refractivity contribution is 14.0. The van der Waals surface area contributed by atoms with Crippen LogP contribution in [0, 0.1) is 0 Å². The second-order valence-electron chi connectivity index (χ2n) is 7.25. The van der Waals surface area contributed by atoms with Crippen molar-refractivity contribution >= 4 is 35.8 Å². The van der Waals surface area contributed by atoms with Gasteiger partial charge in [0.1, 0.15) is 0 Å². The molecule has 1 aromatic carbocycles. The van der Waals surface area contributed by atoms with E-state index in [-0.39, 0.29) is 35.4 Å². The number of nitrogens with one attached hydrogen (secondary N) is 3. The van der Waals surface area contributed by atoms with E-state index in [2.05, 4.69) is 39.7 Å². The highest BCUT2D eigenvalue weighted by Gasteiger charge is 2.28. The maximum absolute atomic E-state index is 12.0. The molecule has 1 saturated heterocycles. The van der Waals surface area contributed by atoms with Crippen molar-refractivity contribution in [3.8, 4) is 0 Å². The van der Waals surface area contributed by atoms with Gasteiger partial charge in [0.2, 0.25) is 0 Å². The Kier molecular flexibility index (Phi) is 10.8. The molecule has 3 N–H and O–H groups in total. The number of carbonyl (C=O) groups excluding carboxylic acids is 1. The molecule has 8 heteroatoms. The number of halogens is 1. The Morgan fingerprint density at radius 3 is 2.57 bits per heavy atom. The molecule has 1 amide bonds. The minimum atomic E-state index is -0.0471. The summed E-state index contributed by atoms with van der Waals surface area (Å²) in [5, 5.41) is 9.56. The minimum absolute atomic E-state index is 0. The predicted octanol–water partition coefficient (Wildman–Crippen LogP) is 1.83. The third kappa shape index (κ3) is 7.56. The summed E-state index contributed by atoms with van der Waals surface area (Å²) in [6, 6.07) is 7.63. The zero-order valence-corrected chi connectivity index (χ0v) is 19.7. The van der Waals surface area contributed by atoms with Crippen LogP contribution in [0.2, 0.25) is 0 Å². The monoisotopic (exact) mass is 503 g/mol. The standard InChI is InChI=1S/C20H33N5O2.HI/c1-5-22-18(26)17-8-6-7-16(13-17)14-23-19(21-4)24-15-20(2,3)25-9-11-27-12-10-25;/h6-8,13H,5,9-12,14-15H2,1-4H3,(H,22,26)(H2,21,23,24);1H. The summed E-state index contributed by atoms with van der Waals surface area (Å²) in [6.07, 6.45) is 0. The first kappa shape index (κ1) is 24.6. The van der Waals surface area contributed by atoms with E-state index in [4.69, 9.17) is 4.74 Å². The Bertz CT molecular complexity index is 645. The van der Waals surface area contributed by atoms with Crippen LogP contribution in [0.25, 0.3) is 0 Å². The lowest BCUT2D eigenvalue weighted by atomic mass is 10.0. The Balaban J connectivity index is 0.00000392. The average molecular weight is 503 g/mol. The molecule has 1 aliphatic rings. The van der Waals surface area contributed by atoms with E-state index in [9.17, 15) is 4.79 Å². The molecule has 28 heavy (non-hydrogen) atoms. The third-order valence-electron chi connectivity index (χ3n) is 4.77. The van der Waals surface area contributed by atoms with Crippen molar-refractivity contribution in [3.63, 3.8) is 0 Å². The second-order valence-corrected chi connectivity index (χ2v) is 7.25. The number of morpholine rings is 1. The van der Waals surface area contributed by atoms with E-state index in [0.29, 0.717) is 18.7 Å². The summed E-state index contributed by atoms with van der Waals surface area (Å²) >= 11 is 0. The molecule has 0 bridgehead atoms. The van der Waals surface area contributed by atoms with Crippen LogP contribution in [0.4, 0.5) is 0 Å². The van der Waals surface area contributed by atoms with Gasteiger partial charge in [0, 0.05) is 50.9 Å². The molecule has 0 aliphatic carbocycles. The van der Waals surface area contributed by atoms with Gasteiger partial charge in [-0.25, -0.2) is 0 Å². The van der Waals surface area contributed by atoms with Crippen molar-refractivity contribution in [2.24, 2.45) is 4.99 Å². The largest absolute Gasteiger partial charge is 0.379 e. The lowest BCUT2D eigenvalue weighted by Gasteiger charge is -2.41. The molecule has 1 fully saturated rings. The first-order valence-corrected chi connectivity index (χ1v) is 9.60. The Morgan fingerprint density at radius 1 is 1.21 bits per heavy atom. The number of guanidine groups is 1. The zero-order chi connectivity index (χ0) is 19.7. The van der Waals surface area contributed by atoms with Crippen LogP contribution in [0.3, 0.4) is 0 Å². The molecular formula is C20H34IN5O2. The number of rotatable bonds is 7. The van der Waals surface area contributed by atoms with Gasteiger partial charge in [0.05, 0.1) is 13.2 Å². The van der Waals surface area contributed by atoms with Crippen molar-refractivity contribution in [2.45, 2.75) is 32.9 Å². The molecule has 0 unspecified atom stereocenters. The lowest BCUT2D eigenvalue weighted by molar-refractivity contribution is -0.00834. The fourth-order valence-corrected chi connectivity index (χ4v) is 3.07. The highest BCUT2D eigenvalue weighted by atomic mass is 127. The van der Waals surface area contributed by atoms with Crippen molar-refractivity contribution in [1.82, 2.24) is 20.9 Å². The predicted molar refractivity (Wildman–Crippen MR) is 125 cm³/mol. The van der Waals surface area contributed by atoms with Gasteiger partial charge in [-0.1, -0.05) is 12.1 Å². The molecule has 0 saturated carbocycles. The lowest BCUT2D eigenvalue weighted by Crippen LogP contribution is -2.56. The molecule has 7 nitrogen and oxygen atoms in total. The van der Waals surface area contributed by atoms with Crippen LogP contribution in [0.15, 0.2) is 29.3 Å². The van der Waals surface area contributed by atoms with Gasteiger partial charge in [-0.2, -0.15) is 0 Å². The fourth-order valence-electron chi connectivity index (χ4n) is 3.07. The number of carbonyl (C=O) groups is 1. The smallest absolute Gasteiger partial charge is 0.251 e. The van der Waals surface area contributed by atoms with Crippen LogP contribution >= 0.6 is 24.0 Å². The first-order valence-electron chi connectivity index (χ1n) is 9.60. The SMILES string of the molecule is CCNC(=O)c1cccc(CNC(=NC)NCC(C)(C)N2CCOCC2)c1.I. The molecule has 2 rings (SSSR count). The number of aliphatic imine (C=N–C) groups is 1. The van der Waals surface area contributed by atoms with E-state index in [1.165, 1.54) is 0 Å². The van der Waals surface area contributed by atoms with Gasteiger partial charge >= 0.3 is 0 Å². The van der Waals surface area contributed by atoms with Gasteiger partial charge in [-0.3, -0.25) is 14.7 Å². The molecule has 1 aromatic rings. The summed E-state index contributed by atoms with van der Waals surface area (Å²) in [5.41, 5.74) is 1.72. The van der Waals surface area contributed by atoms with Crippen LogP contribution in [-0.2, 0) is 11.3 Å². The summed E-state index contributed by atoms with van der Waals surface area (Å²) < 4.78 is 5.44. The van der Waals surface area contributed by atoms with E-state index >= 15 is 0 Å². The van der Waals surface area contributed by atoms with Crippen LogP contribution in [0.5, 0.6) is 0 Å². The third-order valence-corrected chi connectivity index (χ3v) is 4.77. The minimum Gasteiger partial charge on any atom is -0.379 e. The maximum atomic E-state index is 12.0. The van der Waals surface area contributed by atoms with Gasteiger partial charge < -0.3 is 20.7 Å². The number of ether oxygens (including phenoxy) is 1. The van der Waals surface area contributed by atoms with Crippen molar-refractivity contribution in [1.29, 1.82) is 0 Å². The van der Waals surface area contributed by atoms with E-state index in [1.807, 2.05) is 31.2 Å². The van der Waals surface area contributed by atoms with Crippen molar-refractivity contribution < 1.29 is 9.53 Å². The molecular weight excluding hydrogens is 469 g/mol. The topological polar surface area (TPSA) is 78.0 Å². The van der Waals surface area contributed by atoms with Gasteiger partial charge in [0.25, 0.3) is 5.91 Å². The number of hydrogen-bond acceptors (Lipinski definition) is 4. The van der Waals surface area contributed by atoms with E-state index in [1.54, 1.807) is 7.05 Å². The normalized spacial score (nSPS) is 15.5. The number of hydrogen-bond donors (Lipinski definition) is 3. The Morgan fingerprint density at radius 2 is 1.93 bits per heavy atom. The molecule has 0 spiro atoms. The number of nitrogens with zero attached hydrogens (tertiary/aromatic N) is 2. The summed E-state index contributed by atoms with van der Waals surface area (Å²) in [6.45, 7) is 11.9. The van der Waals surface area contributed by atoms with Crippen LogP contribution in [-0.4, -0.2) is 68.7 Å². The summed E-state index contributed by atoms with van der Waals surface area (Å²) in [7, 11) is 1.77. The zero-order valence-electron chi connectivity index (χ0n) is 17.4. The van der Waals surface area contributed by atoms with Crippen LogP contribution in [0.1, 0.15) is 36.7 Å². The first-order chi connectivity index (χ1) is 13.0. The fraction of sp³-hybridized carbons (Fsp3) is 0.600. The quantitative estimate of drug-likeness (QED) is 0.301. The molecule has 0 radical (unpaired) electrons. The molecule has 1 heterocycles. The van der Waals surface area contributed by atoms with Gasteiger partial charge in [-0.15, -0.1) is 24.0 Å². The number of benzene rings is 1. The summed E-state index contributed by atoms with van der Waals surface area (Å²) in [5.74, 6) is 0.703. The Hall–Kier alpha value is -1.39. The van der Waals surface area contributed by atoms with Gasteiger partial charge in [-0.05, 0) is 38.5 Å². The van der Waals surface area contributed by atoms with E-state index < -0.39 is 0 Å². The molecule has 0 atom stereocenters. The molecule has 0 aromatic heterocycles. The maximum Gasteiger partial charge on any atom is 0.251 e.